The molecule has 0 saturated heterocycles. The molecule has 1 N–H and O–H groups in total. The first kappa shape index (κ1) is 24.0. The van der Waals surface area contributed by atoms with E-state index in [1.807, 2.05) is 24.3 Å². The Balaban J connectivity index is 1.48. The molecule has 0 fully saturated rings. The largest absolute Gasteiger partial charge is 0.497 e. The van der Waals surface area contributed by atoms with Gasteiger partial charge in [0, 0.05) is 22.5 Å². The first-order valence-electron chi connectivity index (χ1n) is 13.0. The van der Waals surface area contributed by atoms with Crippen LogP contribution in [0.15, 0.2) is 115 Å². The van der Waals surface area contributed by atoms with Gasteiger partial charge in [0.15, 0.2) is 0 Å². The van der Waals surface area contributed by atoms with Gasteiger partial charge in [0.05, 0.1) is 13.7 Å². The molecule has 0 unspecified atom stereocenters. The minimum atomic E-state index is -0.162. The molecule has 0 heterocycles. The van der Waals surface area contributed by atoms with E-state index in [0.29, 0.717) is 0 Å². The zero-order valence-corrected chi connectivity index (χ0v) is 22.0. The van der Waals surface area contributed by atoms with Crippen LogP contribution >= 0.6 is 0 Å². The van der Waals surface area contributed by atoms with Crippen molar-refractivity contribution in [3.8, 4) is 28.0 Å². The number of ether oxygens (including phenoxy) is 1. The molecule has 0 atom stereocenters. The Morgan fingerprint density at radius 3 is 1.97 bits per heavy atom. The van der Waals surface area contributed by atoms with Gasteiger partial charge in [0.2, 0.25) is 0 Å². The van der Waals surface area contributed by atoms with Crippen molar-refractivity contribution in [2.75, 3.05) is 12.0 Å². The molecule has 0 aliphatic heterocycles. The summed E-state index contributed by atoms with van der Waals surface area (Å²) in [6, 6.07) is 40.4. The molecule has 1 aliphatic rings. The highest BCUT2D eigenvalue weighted by molar-refractivity contribution is 5.86. The molecule has 3 nitrogen and oxygen atoms in total. The number of methoxy groups -OCH3 is 1. The van der Waals surface area contributed by atoms with Gasteiger partial charge in [-0.05, 0) is 87.5 Å². The summed E-state index contributed by atoms with van der Waals surface area (Å²) in [5.74, 6) is 0.880. The van der Waals surface area contributed by atoms with Gasteiger partial charge in [-0.15, -0.1) is 0 Å². The highest BCUT2D eigenvalue weighted by Gasteiger charge is 2.36. The van der Waals surface area contributed by atoms with Crippen LogP contribution in [0, 0.1) is 0 Å². The fourth-order valence-electron chi connectivity index (χ4n) is 5.65. The molecule has 5 aromatic carbocycles. The van der Waals surface area contributed by atoms with Gasteiger partial charge in [-0.25, -0.2) is 0 Å². The molecular formula is C35H31NO2. The summed E-state index contributed by atoms with van der Waals surface area (Å²) in [4.78, 5) is 2.27. The van der Waals surface area contributed by atoms with Crippen molar-refractivity contribution in [2.24, 2.45) is 0 Å². The summed E-state index contributed by atoms with van der Waals surface area (Å²) >= 11 is 0. The Kier molecular flexibility index (Phi) is 6.01. The molecule has 3 heteroatoms. The first-order chi connectivity index (χ1) is 18.5. The van der Waals surface area contributed by atoms with Crippen LogP contribution < -0.4 is 9.64 Å². The quantitative estimate of drug-likeness (QED) is 0.255. The lowest BCUT2D eigenvalue weighted by molar-refractivity contribution is 0.282. The number of fused-ring (bicyclic) bond motifs is 3. The van der Waals surface area contributed by atoms with Gasteiger partial charge >= 0.3 is 0 Å². The van der Waals surface area contributed by atoms with E-state index in [4.69, 9.17) is 4.74 Å². The monoisotopic (exact) mass is 497 g/mol. The maximum Gasteiger partial charge on any atom is 0.119 e. The van der Waals surface area contributed by atoms with E-state index in [1.165, 1.54) is 33.4 Å². The molecule has 0 aromatic heterocycles. The Labute approximate surface area is 224 Å². The lowest BCUT2D eigenvalue weighted by atomic mass is 9.82. The summed E-state index contributed by atoms with van der Waals surface area (Å²) in [5, 5.41) is 9.86. The average molecular weight is 498 g/mol. The average Bonchev–Trinajstić information content (AvgIpc) is 3.19. The van der Waals surface area contributed by atoms with Gasteiger partial charge in [-0.2, -0.15) is 0 Å². The molecule has 0 radical (unpaired) electrons. The van der Waals surface area contributed by atoms with E-state index >= 15 is 0 Å². The highest BCUT2D eigenvalue weighted by atomic mass is 16.5. The number of benzene rings is 5. The van der Waals surface area contributed by atoms with Crippen molar-refractivity contribution < 1.29 is 9.84 Å². The molecule has 0 bridgehead atoms. The predicted molar refractivity (Wildman–Crippen MR) is 157 cm³/mol. The van der Waals surface area contributed by atoms with E-state index in [1.54, 1.807) is 7.11 Å². The van der Waals surface area contributed by atoms with Crippen LogP contribution in [0.2, 0.25) is 0 Å². The highest BCUT2D eigenvalue weighted by Crippen LogP contribution is 2.51. The number of hydrogen-bond donors (Lipinski definition) is 1. The Morgan fingerprint density at radius 2 is 1.26 bits per heavy atom. The fourth-order valence-corrected chi connectivity index (χ4v) is 5.65. The van der Waals surface area contributed by atoms with Crippen LogP contribution in [0.1, 0.15) is 30.5 Å². The van der Waals surface area contributed by atoms with Crippen molar-refractivity contribution >= 4 is 17.1 Å². The summed E-state index contributed by atoms with van der Waals surface area (Å²) in [6.07, 6.45) is 0. The fraction of sp³-hybridized carbons (Fsp3) is 0.143. The van der Waals surface area contributed by atoms with Crippen LogP contribution in [0.4, 0.5) is 17.1 Å². The van der Waals surface area contributed by atoms with E-state index in [0.717, 1.165) is 28.4 Å². The summed E-state index contributed by atoms with van der Waals surface area (Å²) in [5.41, 5.74) is 11.4. The van der Waals surface area contributed by atoms with Crippen LogP contribution in [0.25, 0.3) is 22.3 Å². The van der Waals surface area contributed by atoms with Crippen LogP contribution in [-0.2, 0) is 12.0 Å². The maximum absolute atomic E-state index is 9.86. The second kappa shape index (κ2) is 9.51. The van der Waals surface area contributed by atoms with Crippen molar-refractivity contribution in [3.05, 3.63) is 132 Å². The molecule has 5 aromatic rings. The summed E-state index contributed by atoms with van der Waals surface area (Å²) < 4.78 is 5.54. The van der Waals surface area contributed by atoms with Crippen LogP contribution in [0.3, 0.4) is 0 Å². The number of nitrogens with zero attached hydrogens (tertiary/aromatic N) is 1. The number of rotatable bonds is 6. The predicted octanol–water partition coefficient (Wildman–Crippen LogP) is 8.63. The SMILES string of the molecule is COc1ccc2c(c1)C(C)(C)c1cc(N(c3ccc(-c4ccccc4)cc3)c3cccc(CO)c3)ccc1-2. The van der Waals surface area contributed by atoms with Gasteiger partial charge in [0.25, 0.3) is 0 Å². The minimum absolute atomic E-state index is 0.00296. The molecule has 38 heavy (non-hydrogen) atoms. The third-order valence-corrected chi connectivity index (χ3v) is 7.71. The third kappa shape index (κ3) is 4.06. The van der Waals surface area contributed by atoms with Crippen LogP contribution in [0.5, 0.6) is 5.75 Å². The van der Waals surface area contributed by atoms with Gasteiger partial charge in [-0.1, -0.05) is 80.6 Å². The van der Waals surface area contributed by atoms with Crippen molar-refractivity contribution in [3.63, 3.8) is 0 Å². The van der Waals surface area contributed by atoms with Gasteiger partial charge < -0.3 is 14.7 Å². The Morgan fingerprint density at radius 1 is 0.632 bits per heavy atom. The third-order valence-electron chi connectivity index (χ3n) is 7.71. The van der Waals surface area contributed by atoms with E-state index in [9.17, 15) is 5.11 Å². The number of aliphatic hydroxyl groups is 1. The molecular weight excluding hydrogens is 466 g/mol. The normalized spacial score (nSPS) is 13.1. The number of anilines is 3. The van der Waals surface area contributed by atoms with Gasteiger partial charge in [0.1, 0.15) is 5.75 Å². The molecule has 188 valence electrons. The first-order valence-corrected chi connectivity index (χ1v) is 13.0. The summed E-state index contributed by atoms with van der Waals surface area (Å²) in [6.45, 7) is 4.57. The molecule has 0 amide bonds. The molecule has 1 aliphatic carbocycles. The Bertz CT molecular complexity index is 1600. The van der Waals surface area contributed by atoms with Crippen molar-refractivity contribution in [1.29, 1.82) is 0 Å². The lowest BCUT2D eigenvalue weighted by Gasteiger charge is -2.28. The van der Waals surface area contributed by atoms with Crippen molar-refractivity contribution in [1.82, 2.24) is 0 Å². The van der Waals surface area contributed by atoms with Crippen LogP contribution in [-0.4, -0.2) is 12.2 Å². The number of aliphatic hydroxyl groups excluding tert-OH is 1. The number of hydrogen-bond acceptors (Lipinski definition) is 3. The second-order valence-corrected chi connectivity index (χ2v) is 10.3. The molecule has 0 saturated carbocycles. The lowest BCUT2D eigenvalue weighted by Crippen LogP contribution is -2.16. The zero-order chi connectivity index (χ0) is 26.3. The van der Waals surface area contributed by atoms with E-state index in [-0.39, 0.29) is 12.0 Å². The van der Waals surface area contributed by atoms with Crippen molar-refractivity contribution in [2.45, 2.75) is 25.9 Å². The minimum Gasteiger partial charge on any atom is -0.497 e. The standard InChI is InChI=1S/C35H31NO2/c1-35(2)33-21-29(16-18-31(33)32-19-17-30(38-3)22-34(32)35)36(28-11-7-8-24(20-28)23-37)27-14-12-26(13-15-27)25-9-5-4-6-10-25/h4-22,37H,23H2,1-3H3. The van der Waals surface area contributed by atoms with E-state index < -0.39 is 0 Å². The van der Waals surface area contributed by atoms with Gasteiger partial charge in [-0.3, -0.25) is 0 Å². The topological polar surface area (TPSA) is 32.7 Å². The maximum atomic E-state index is 9.86. The molecule has 0 spiro atoms. The Hall–Kier alpha value is -4.34. The second-order valence-electron chi connectivity index (χ2n) is 10.3. The molecule has 6 rings (SSSR count). The summed E-state index contributed by atoms with van der Waals surface area (Å²) in [7, 11) is 1.72. The van der Waals surface area contributed by atoms with E-state index in [2.05, 4.69) is 110 Å². The zero-order valence-electron chi connectivity index (χ0n) is 22.0. The smallest absolute Gasteiger partial charge is 0.119 e.